The Morgan fingerprint density at radius 3 is 2.14 bits per heavy atom. The second-order valence-electron chi connectivity index (χ2n) is 6.11. The van der Waals surface area contributed by atoms with E-state index in [2.05, 4.69) is 20.4 Å². The first-order chi connectivity index (χ1) is 10.6. The molecule has 0 aliphatic carbocycles. The molecule has 0 bridgehead atoms. The first-order valence-electron chi connectivity index (χ1n) is 9.06. The van der Waals surface area contributed by atoms with Gasteiger partial charge in [0.1, 0.15) is 6.61 Å². The van der Waals surface area contributed by atoms with Crippen molar-refractivity contribution in [3.05, 3.63) is 12.2 Å². The summed E-state index contributed by atoms with van der Waals surface area (Å²) in [6, 6.07) is 0. The summed E-state index contributed by atoms with van der Waals surface area (Å²) in [6.07, 6.45) is 12.9. The Morgan fingerprint density at radius 1 is 0.909 bits per heavy atom. The molecule has 1 unspecified atom stereocenters. The van der Waals surface area contributed by atoms with Crippen LogP contribution in [0.15, 0.2) is 12.2 Å². The number of hydrogen-bond acceptors (Lipinski definition) is 3. The van der Waals surface area contributed by atoms with E-state index in [1.807, 2.05) is 0 Å². The third-order valence-corrected chi connectivity index (χ3v) is 3.76. The van der Waals surface area contributed by atoms with Crippen molar-refractivity contribution in [1.82, 2.24) is 0 Å². The SMILES string of the molecule is C=C(C)C(=O)OCCOC(CCC)CCCCCCCCC. The zero-order chi connectivity index (χ0) is 16.6. The highest BCUT2D eigenvalue weighted by molar-refractivity contribution is 5.86. The summed E-state index contributed by atoms with van der Waals surface area (Å²) in [4.78, 5) is 11.3. The summed E-state index contributed by atoms with van der Waals surface area (Å²) in [6.45, 7) is 10.5. The van der Waals surface area contributed by atoms with Gasteiger partial charge in [-0.2, -0.15) is 0 Å². The van der Waals surface area contributed by atoms with Gasteiger partial charge in [0.05, 0.1) is 12.7 Å². The van der Waals surface area contributed by atoms with Gasteiger partial charge < -0.3 is 9.47 Å². The summed E-state index contributed by atoms with van der Waals surface area (Å²) in [7, 11) is 0. The van der Waals surface area contributed by atoms with Crippen LogP contribution in [0.2, 0.25) is 0 Å². The minimum atomic E-state index is -0.331. The zero-order valence-corrected chi connectivity index (χ0v) is 15.0. The van der Waals surface area contributed by atoms with Crippen LogP contribution in [0.1, 0.15) is 85.0 Å². The van der Waals surface area contributed by atoms with Crippen molar-refractivity contribution in [2.24, 2.45) is 0 Å². The Balaban J connectivity index is 3.64. The number of carbonyl (C=O) groups excluding carboxylic acids is 1. The van der Waals surface area contributed by atoms with Gasteiger partial charge in [-0.05, 0) is 19.8 Å². The molecule has 0 heterocycles. The quantitative estimate of drug-likeness (QED) is 0.230. The van der Waals surface area contributed by atoms with Gasteiger partial charge in [0.2, 0.25) is 0 Å². The van der Waals surface area contributed by atoms with Crippen LogP contribution < -0.4 is 0 Å². The highest BCUT2D eigenvalue weighted by Crippen LogP contribution is 2.14. The number of carbonyl (C=O) groups is 1. The molecular formula is C19H36O3. The van der Waals surface area contributed by atoms with Gasteiger partial charge >= 0.3 is 5.97 Å². The lowest BCUT2D eigenvalue weighted by Gasteiger charge is -2.17. The maximum absolute atomic E-state index is 11.3. The van der Waals surface area contributed by atoms with E-state index in [4.69, 9.17) is 9.47 Å². The van der Waals surface area contributed by atoms with E-state index in [0.717, 1.165) is 19.3 Å². The molecule has 0 saturated carbocycles. The van der Waals surface area contributed by atoms with E-state index in [1.54, 1.807) is 6.92 Å². The molecule has 0 fully saturated rings. The van der Waals surface area contributed by atoms with Crippen molar-refractivity contribution in [3.63, 3.8) is 0 Å². The predicted molar refractivity (Wildman–Crippen MR) is 93.0 cm³/mol. The fourth-order valence-electron chi connectivity index (χ4n) is 2.43. The molecule has 0 aliphatic heterocycles. The van der Waals surface area contributed by atoms with Crippen molar-refractivity contribution < 1.29 is 14.3 Å². The smallest absolute Gasteiger partial charge is 0.333 e. The fourth-order valence-corrected chi connectivity index (χ4v) is 2.43. The second kappa shape index (κ2) is 15.1. The topological polar surface area (TPSA) is 35.5 Å². The fraction of sp³-hybridized carbons (Fsp3) is 0.842. The highest BCUT2D eigenvalue weighted by Gasteiger charge is 2.09. The van der Waals surface area contributed by atoms with Crippen molar-refractivity contribution in [3.8, 4) is 0 Å². The molecule has 0 aromatic rings. The van der Waals surface area contributed by atoms with Gasteiger partial charge in [-0.25, -0.2) is 4.79 Å². The van der Waals surface area contributed by atoms with Crippen molar-refractivity contribution >= 4 is 5.97 Å². The molecule has 0 aromatic carbocycles. The van der Waals surface area contributed by atoms with Crippen molar-refractivity contribution in [1.29, 1.82) is 0 Å². The third-order valence-electron chi connectivity index (χ3n) is 3.76. The van der Waals surface area contributed by atoms with E-state index in [-0.39, 0.29) is 5.97 Å². The molecular weight excluding hydrogens is 276 g/mol. The second-order valence-corrected chi connectivity index (χ2v) is 6.11. The van der Waals surface area contributed by atoms with Gasteiger partial charge in [-0.1, -0.05) is 71.8 Å². The number of esters is 1. The molecule has 0 spiro atoms. The molecule has 3 heteroatoms. The van der Waals surface area contributed by atoms with Gasteiger partial charge in [0, 0.05) is 5.57 Å². The minimum absolute atomic E-state index is 0.309. The first-order valence-corrected chi connectivity index (χ1v) is 9.06. The Bertz CT molecular complexity index is 286. The van der Waals surface area contributed by atoms with Crippen molar-refractivity contribution in [2.45, 2.75) is 91.1 Å². The largest absolute Gasteiger partial charge is 0.460 e. The molecule has 0 amide bonds. The number of hydrogen-bond donors (Lipinski definition) is 0. The number of unbranched alkanes of at least 4 members (excludes halogenated alkanes) is 6. The molecule has 130 valence electrons. The van der Waals surface area contributed by atoms with E-state index >= 15 is 0 Å². The van der Waals surface area contributed by atoms with Gasteiger partial charge in [0.15, 0.2) is 0 Å². The lowest BCUT2D eigenvalue weighted by Crippen LogP contribution is -2.18. The van der Waals surface area contributed by atoms with Gasteiger partial charge in [0.25, 0.3) is 0 Å². The molecule has 1 atom stereocenters. The summed E-state index contributed by atoms with van der Waals surface area (Å²) in [5, 5.41) is 0. The summed E-state index contributed by atoms with van der Waals surface area (Å²) >= 11 is 0. The van der Waals surface area contributed by atoms with Crippen LogP contribution in [0.4, 0.5) is 0 Å². The first kappa shape index (κ1) is 21.2. The summed E-state index contributed by atoms with van der Waals surface area (Å²) in [5.74, 6) is -0.331. The average Bonchev–Trinajstić information content (AvgIpc) is 2.50. The molecule has 0 radical (unpaired) electrons. The Labute approximate surface area is 137 Å². The van der Waals surface area contributed by atoms with Crippen LogP contribution in [0.5, 0.6) is 0 Å². The third kappa shape index (κ3) is 12.9. The number of rotatable bonds is 15. The van der Waals surface area contributed by atoms with E-state index < -0.39 is 0 Å². The maximum atomic E-state index is 11.3. The van der Waals surface area contributed by atoms with E-state index in [1.165, 1.54) is 44.9 Å². The van der Waals surface area contributed by atoms with Crippen LogP contribution >= 0.6 is 0 Å². The molecule has 22 heavy (non-hydrogen) atoms. The molecule has 3 nitrogen and oxygen atoms in total. The van der Waals surface area contributed by atoms with Crippen LogP contribution in [-0.2, 0) is 14.3 Å². The van der Waals surface area contributed by atoms with Crippen LogP contribution in [0.3, 0.4) is 0 Å². The standard InChI is InChI=1S/C19H36O3/c1-5-7-8-9-10-11-12-14-18(13-6-2)21-15-16-22-19(20)17(3)4/h18H,3,5-16H2,1-2,4H3. The summed E-state index contributed by atoms with van der Waals surface area (Å²) in [5.41, 5.74) is 0.438. The predicted octanol–water partition coefficient (Wildman–Crippen LogP) is 5.43. The monoisotopic (exact) mass is 312 g/mol. The minimum Gasteiger partial charge on any atom is -0.460 e. The van der Waals surface area contributed by atoms with Crippen LogP contribution in [0, 0.1) is 0 Å². The van der Waals surface area contributed by atoms with Gasteiger partial charge in [-0.15, -0.1) is 0 Å². The van der Waals surface area contributed by atoms with Gasteiger partial charge in [-0.3, -0.25) is 0 Å². The number of ether oxygens (including phenoxy) is 2. The summed E-state index contributed by atoms with van der Waals surface area (Å²) < 4.78 is 10.9. The van der Waals surface area contributed by atoms with Crippen LogP contribution in [0.25, 0.3) is 0 Å². The Hall–Kier alpha value is -0.830. The molecule has 0 saturated heterocycles. The molecule has 0 aliphatic rings. The maximum Gasteiger partial charge on any atom is 0.333 e. The average molecular weight is 312 g/mol. The van der Waals surface area contributed by atoms with Crippen molar-refractivity contribution in [2.75, 3.05) is 13.2 Å². The van der Waals surface area contributed by atoms with Crippen LogP contribution in [-0.4, -0.2) is 25.3 Å². The highest BCUT2D eigenvalue weighted by atomic mass is 16.6. The lowest BCUT2D eigenvalue weighted by atomic mass is 10.0. The Morgan fingerprint density at radius 2 is 1.55 bits per heavy atom. The zero-order valence-electron chi connectivity index (χ0n) is 15.0. The normalized spacial score (nSPS) is 12.1. The van der Waals surface area contributed by atoms with E-state index in [9.17, 15) is 4.79 Å². The van der Waals surface area contributed by atoms with E-state index in [0.29, 0.717) is 24.9 Å². The molecule has 0 N–H and O–H groups in total. The lowest BCUT2D eigenvalue weighted by molar-refractivity contribution is -0.141. The molecule has 0 rings (SSSR count). The molecule has 0 aromatic heterocycles. The Kier molecular flexibility index (Phi) is 14.5.